The van der Waals surface area contributed by atoms with Crippen molar-refractivity contribution in [2.45, 2.75) is 20.0 Å². The van der Waals surface area contributed by atoms with Crippen molar-refractivity contribution in [1.82, 2.24) is 0 Å². The molecule has 0 aliphatic carbocycles. The maximum atomic E-state index is 10.9. The van der Waals surface area contributed by atoms with Crippen molar-refractivity contribution in [3.05, 3.63) is 36.3 Å². The summed E-state index contributed by atoms with van der Waals surface area (Å²) < 4.78 is 10.1. The second-order valence-electron chi connectivity index (χ2n) is 2.67. The van der Waals surface area contributed by atoms with E-state index >= 15 is 0 Å². The molecule has 1 aromatic heterocycles. The average molecular weight is 180 g/mol. The Morgan fingerprint density at radius 1 is 1.69 bits per heavy atom. The minimum atomic E-state index is -0.288. The van der Waals surface area contributed by atoms with Gasteiger partial charge in [0.1, 0.15) is 18.1 Å². The topological polar surface area (TPSA) is 39.4 Å². The second kappa shape index (κ2) is 4.50. The van der Waals surface area contributed by atoms with Gasteiger partial charge >= 0.3 is 5.97 Å². The molecule has 1 heterocycles. The fourth-order valence-electron chi connectivity index (χ4n) is 0.891. The number of esters is 1. The Bertz CT molecular complexity index is 299. The lowest BCUT2D eigenvalue weighted by Gasteiger charge is -1.99. The van der Waals surface area contributed by atoms with Gasteiger partial charge in [0.25, 0.3) is 0 Å². The van der Waals surface area contributed by atoms with Crippen LogP contribution in [0.5, 0.6) is 0 Å². The summed E-state index contributed by atoms with van der Waals surface area (Å²) >= 11 is 0. The molecule has 0 bridgehead atoms. The Hall–Kier alpha value is -1.51. The van der Waals surface area contributed by atoms with Gasteiger partial charge in [-0.1, -0.05) is 6.08 Å². The van der Waals surface area contributed by atoms with Gasteiger partial charge in [-0.25, -0.2) is 0 Å². The highest BCUT2D eigenvalue weighted by Crippen LogP contribution is 2.07. The highest BCUT2D eigenvalue weighted by Gasteiger charge is 2.02. The molecule has 0 N–H and O–H groups in total. The maximum absolute atomic E-state index is 10.9. The minimum Gasteiger partial charge on any atom is -0.463 e. The van der Waals surface area contributed by atoms with E-state index in [1.54, 1.807) is 6.07 Å². The van der Waals surface area contributed by atoms with E-state index in [9.17, 15) is 4.79 Å². The molecule has 0 saturated heterocycles. The number of carbonyl (C=O) groups is 1. The van der Waals surface area contributed by atoms with Crippen LogP contribution in [-0.2, 0) is 16.1 Å². The number of rotatable bonds is 4. The third kappa shape index (κ3) is 3.15. The maximum Gasteiger partial charge on any atom is 0.310 e. The molecule has 13 heavy (non-hydrogen) atoms. The molecule has 0 saturated carbocycles. The standard InChI is InChI=1S/C10H12O3/c1-3-4-10(11)12-7-9-6-5-8(2)13-9/h3,5-6H,1,4,7H2,2H3. The molecule has 0 radical (unpaired) electrons. The fraction of sp³-hybridized carbons (Fsp3) is 0.300. The first-order valence-electron chi connectivity index (χ1n) is 4.04. The number of ether oxygens (including phenoxy) is 1. The second-order valence-corrected chi connectivity index (χ2v) is 2.67. The molecule has 0 atom stereocenters. The molecule has 1 aromatic rings. The van der Waals surface area contributed by atoms with Crippen LogP contribution in [0.15, 0.2) is 29.2 Å². The van der Waals surface area contributed by atoms with E-state index in [2.05, 4.69) is 6.58 Å². The van der Waals surface area contributed by atoms with E-state index in [0.717, 1.165) is 5.76 Å². The normalized spacial score (nSPS) is 9.62. The summed E-state index contributed by atoms with van der Waals surface area (Å²) in [4.78, 5) is 10.9. The molecule has 1 rings (SSSR count). The monoisotopic (exact) mass is 180 g/mol. The van der Waals surface area contributed by atoms with E-state index < -0.39 is 0 Å². The van der Waals surface area contributed by atoms with Crippen LogP contribution in [0.1, 0.15) is 17.9 Å². The van der Waals surface area contributed by atoms with Crippen LogP contribution >= 0.6 is 0 Å². The highest BCUT2D eigenvalue weighted by atomic mass is 16.5. The summed E-state index contributed by atoms with van der Waals surface area (Å²) in [5.41, 5.74) is 0. The lowest BCUT2D eigenvalue weighted by molar-refractivity contribution is -0.144. The van der Waals surface area contributed by atoms with Crippen molar-refractivity contribution in [3.8, 4) is 0 Å². The van der Waals surface area contributed by atoms with E-state index in [-0.39, 0.29) is 19.0 Å². The van der Waals surface area contributed by atoms with Crippen LogP contribution < -0.4 is 0 Å². The van der Waals surface area contributed by atoms with E-state index in [4.69, 9.17) is 9.15 Å². The molecule has 70 valence electrons. The summed E-state index contributed by atoms with van der Waals surface area (Å²) in [7, 11) is 0. The van der Waals surface area contributed by atoms with Gasteiger partial charge in [-0.2, -0.15) is 0 Å². The summed E-state index contributed by atoms with van der Waals surface area (Å²) in [5.74, 6) is 1.19. The Kier molecular flexibility index (Phi) is 3.31. The summed E-state index contributed by atoms with van der Waals surface area (Å²) in [6.07, 6.45) is 1.75. The molecule has 3 heteroatoms. The van der Waals surface area contributed by atoms with E-state index in [1.807, 2.05) is 13.0 Å². The van der Waals surface area contributed by atoms with Crippen molar-refractivity contribution >= 4 is 5.97 Å². The van der Waals surface area contributed by atoms with Gasteiger partial charge in [0.05, 0.1) is 6.42 Å². The molecule has 0 spiro atoms. The number of carbonyl (C=O) groups excluding carboxylic acids is 1. The van der Waals surface area contributed by atoms with Gasteiger partial charge in [-0.05, 0) is 19.1 Å². The highest BCUT2D eigenvalue weighted by molar-refractivity contribution is 5.70. The van der Waals surface area contributed by atoms with E-state index in [0.29, 0.717) is 5.76 Å². The van der Waals surface area contributed by atoms with Crippen LogP contribution in [0, 0.1) is 6.92 Å². The van der Waals surface area contributed by atoms with Crippen LogP contribution in [0.3, 0.4) is 0 Å². The number of hydrogen-bond acceptors (Lipinski definition) is 3. The van der Waals surface area contributed by atoms with Gasteiger partial charge in [-0.15, -0.1) is 6.58 Å². The number of aryl methyl sites for hydroxylation is 1. The molecule has 0 aliphatic heterocycles. The number of hydrogen-bond donors (Lipinski definition) is 0. The molecule has 0 aliphatic rings. The Morgan fingerprint density at radius 2 is 2.46 bits per heavy atom. The number of furan rings is 1. The quantitative estimate of drug-likeness (QED) is 0.526. The third-order valence-corrected chi connectivity index (χ3v) is 1.48. The fourth-order valence-corrected chi connectivity index (χ4v) is 0.891. The van der Waals surface area contributed by atoms with Crippen molar-refractivity contribution in [2.75, 3.05) is 0 Å². The SMILES string of the molecule is C=CCC(=O)OCc1ccc(C)o1. The molecular weight excluding hydrogens is 168 g/mol. The Balaban J connectivity index is 2.34. The molecule has 3 nitrogen and oxygen atoms in total. The lowest BCUT2D eigenvalue weighted by atomic mass is 10.4. The zero-order chi connectivity index (χ0) is 9.68. The first-order valence-corrected chi connectivity index (χ1v) is 4.04. The predicted octanol–water partition coefficient (Wildman–Crippen LogP) is 2.21. The van der Waals surface area contributed by atoms with Crippen molar-refractivity contribution in [3.63, 3.8) is 0 Å². The van der Waals surface area contributed by atoms with E-state index in [1.165, 1.54) is 6.08 Å². The largest absolute Gasteiger partial charge is 0.463 e. The third-order valence-electron chi connectivity index (χ3n) is 1.48. The zero-order valence-electron chi connectivity index (χ0n) is 7.58. The summed E-state index contributed by atoms with van der Waals surface area (Å²) in [6, 6.07) is 3.62. The first kappa shape index (κ1) is 9.58. The van der Waals surface area contributed by atoms with Gasteiger partial charge in [0, 0.05) is 0 Å². The molecule has 0 unspecified atom stereocenters. The Labute approximate surface area is 77.0 Å². The smallest absolute Gasteiger partial charge is 0.310 e. The van der Waals surface area contributed by atoms with Crippen molar-refractivity contribution in [1.29, 1.82) is 0 Å². The van der Waals surface area contributed by atoms with Crippen molar-refractivity contribution < 1.29 is 13.9 Å². The van der Waals surface area contributed by atoms with Crippen molar-refractivity contribution in [2.24, 2.45) is 0 Å². The van der Waals surface area contributed by atoms with Crippen LogP contribution in [-0.4, -0.2) is 5.97 Å². The van der Waals surface area contributed by atoms with Crippen LogP contribution in [0.2, 0.25) is 0 Å². The average Bonchev–Trinajstić information content (AvgIpc) is 2.49. The van der Waals surface area contributed by atoms with Crippen LogP contribution in [0.25, 0.3) is 0 Å². The van der Waals surface area contributed by atoms with Crippen LogP contribution in [0.4, 0.5) is 0 Å². The zero-order valence-corrected chi connectivity index (χ0v) is 7.58. The summed E-state index contributed by atoms with van der Waals surface area (Å²) in [5, 5.41) is 0. The van der Waals surface area contributed by atoms with Gasteiger partial charge in [0.2, 0.25) is 0 Å². The van der Waals surface area contributed by atoms with Gasteiger partial charge < -0.3 is 9.15 Å². The molecule has 0 fully saturated rings. The summed E-state index contributed by atoms with van der Waals surface area (Å²) in [6.45, 7) is 5.47. The Morgan fingerprint density at radius 3 is 3.00 bits per heavy atom. The van der Waals surface area contributed by atoms with Gasteiger partial charge in [0.15, 0.2) is 0 Å². The minimum absolute atomic E-state index is 0.195. The molecule has 0 aromatic carbocycles. The lowest BCUT2D eigenvalue weighted by Crippen LogP contribution is -2.01. The first-order chi connectivity index (χ1) is 6.22. The predicted molar refractivity (Wildman–Crippen MR) is 48.1 cm³/mol. The molecular formula is C10H12O3. The van der Waals surface area contributed by atoms with Gasteiger partial charge in [-0.3, -0.25) is 4.79 Å². The molecule has 0 amide bonds.